The average Bonchev–Trinajstić information content (AvgIpc) is 3.38. The van der Waals surface area contributed by atoms with E-state index in [1.165, 1.54) is 0 Å². The van der Waals surface area contributed by atoms with Gasteiger partial charge in [0.05, 0.1) is 18.2 Å². The van der Waals surface area contributed by atoms with E-state index in [0.717, 1.165) is 18.4 Å². The van der Waals surface area contributed by atoms with E-state index in [2.05, 4.69) is 17.4 Å². The van der Waals surface area contributed by atoms with Crippen LogP contribution in [0.3, 0.4) is 0 Å². The number of urea groups is 1. The van der Waals surface area contributed by atoms with Crippen molar-refractivity contribution in [2.75, 3.05) is 19.7 Å². The van der Waals surface area contributed by atoms with E-state index in [1.807, 2.05) is 36.9 Å². The van der Waals surface area contributed by atoms with Crippen LogP contribution in [0.1, 0.15) is 38.2 Å². The molecule has 1 aromatic carbocycles. The predicted octanol–water partition coefficient (Wildman–Crippen LogP) is 1.56. The lowest BCUT2D eigenvalue weighted by atomic mass is 9.60. The topological polar surface area (TPSA) is 72.9 Å². The average molecular weight is 357 g/mol. The van der Waals surface area contributed by atoms with Gasteiger partial charge in [-0.05, 0) is 32.3 Å². The maximum absolute atomic E-state index is 12.9. The smallest absolute Gasteiger partial charge is 0.317 e. The second-order valence-electron chi connectivity index (χ2n) is 8.18. The number of aliphatic hydroxyl groups excluding tert-OH is 1. The summed E-state index contributed by atoms with van der Waals surface area (Å²) in [6, 6.07) is 9.88. The zero-order valence-electron chi connectivity index (χ0n) is 15.4. The fourth-order valence-electron chi connectivity index (χ4n) is 4.64. The van der Waals surface area contributed by atoms with Gasteiger partial charge in [-0.15, -0.1) is 0 Å². The molecule has 0 unspecified atom stereocenters. The quantitative estimate of drug-likeness (QED) is 0.859. The predicted molar refractivity (Wildman–Crippen MR) is 97.6 cm³/mol. The first-order valence-corrected chi connectivity index (χ1v) is 9.52. The van der Waals surface area contributed by atoms with Crippen LogP contribution in [0.15, 0.2) is 30.3 Å². The van der Waals surface area contributed by atoms with Crippen molar-refractivity contribution in [3.05, 3.63) is 35.9 Å². The molecule has 3 fully saturated rings. The minimum Gasteiger partial charge on any atom is -0.394 e. The maximum atomic E-state index is 12.9. The standard InChI is InChI=1S/C20H27N3O3/c1-13(2)21-19(26)22-11-20(12-22)17(14-6-4-3-5-7-14)16(10-24)23(20)18(25)15-8-9-15/h3-7,13,15-17,24H,8-12H2,1-2H3,(H,21,26)/t16-,17+/m0/s1. The lowest BCUT2D eigenvalue weighted by molar-refractivity contribution is -0.194. The number of nitrogens with one attached hydrogen (secondary N) is 1. The summed E-state index contributed by atoms with van der Waals surface area (Å²) in [6.07, 6.45) is 1.88. The molecular formula is C20H27N3O3. The SMILES string of the molecule is CC(C)NC(=O)N1CC2(C1)[C@H](c1ccccc1)[C@H](CO)N2C(=O)C1CC1. The van der Waals surface area contributed by atoms with Crippen LogP contribution in [-0.2, 0) is 4.79 Å². The molecule has 1 aromatic rings. The first-order chi connectivity index (χ1) is 12.5. The largest absolute Gasteiger partial charge is 0.394 e. The van der Waals surface area contributed by atoms with E-state index >= 15 is 0 Å². The van der Waals surface area contributed by atoms with Crippen LogP contribution < -0.4 is 5.32 Å². The Hall–Kier alpha value is -2.08. The van der Waals surface area contributed by atoms with E-state index < -0.39 is 0 Å². The lowest BCUT2D eigenvalue weighted by Gasteiger charge is -2.70. The van der Waals surface area contributed by atoms with Crippen molar-refractivity contribution in [2.45, 2.75) is 50.2 Å². The lowest BCUT2D eigenvalue weighted by Crippen LogP contribution is -2.86. The van der Waals surface area contributed by atoms with Gasteiger partial charge < -0.3 is 20.2 Å². The molecule has 4 rings (SSSR count). The summed E-state index contributed by atoms with van der Waals surface area (Å²) in [7, 11) is 0. The molecule has 1 spiro atoms. The van der Waals surface area contributed by atoms with Crippen molar-refractivity contribution >= 4 is 11.9 Å². The summed E-state index contributed by atoms with van der Waals surface area (Å²) in [5, 5.41) is 12.9. The molecule has 6 heteroatoms. The normalized spacial score (nSPS) is 26.5. The van der Waals surface area contributed by atoms with Crippen LogP contribution in [0.25, 0.3) is 0 Å². The molecule has 140 valence electrons. The van der Waals surface area contributed by atoms with Crippen LogP contribution in [0.5, 0.6) is 0 Å². The summed E-state index contributed by atoms with van der Waals surface area (Å²) >= 11 is 0. The highest BCUT2D eigenvalue weighted by Gasteiger charge is 2.68. The molecule has 0 bridgehead atoms. The second-order valence-corrected chi connectivity index (χ2v) is 8.18. The third kappa shape index (κ3) is 2.58. The maximum Gasteiger partial charge on any atom is 0.317 e. The van der Waals surface area contributed by atoms with E-state index in [-0.39, 0.29) is 48.0 Å². The Morgan fingerprint density at radius 2 is 1.88 bits per heavy atom. The molecule has 3 aliphatic rings. The fraction of sp³-hybridized carbons (Fsp3) is 0.600. The molecule has 2 aliphatic heterocycles. The highest BCUT2D eigenvalue weighted by Crippen LogP contribution is 2.55. The summed E-state index contributed by atoms with van der Waals surface area (Å²) in [5.41, 5.74) is 0.762. The number of hydrogen-bond donors (Lipinski definition) is 2. The number of carbonyl (C=O) groups is 2. The Kier molecular flexibility index (Phi) is 4.18. The Bertz CT molecular complexity index is 696. The number of carbonyl (C=O) groups excluding carboxylic acids is 2. The molecule has 3 amide bonds. The van der Waals surface area contributed by atoms with Gasteiger partial charge in [-0.1, -0.05) is 30.3 Å². The van der Waals surface area contributed by atoms with Crippen LogP contribution in [0.4, 0.5) is 4.79 Å². The number of amides is 3. The van der Waals surface area contributed by atoms with Gasteiger partial charge in [0.25, 0.3) is 0 Å². The summed E-state index contributed by atoms with van der Waals surface area (Å²) < 4.78 is 0. The molecule has 2 saturated heterocycles. The zero-order valence-corrected chi connectivity index (χ0v) is 15.4. The summed E-state index contributed by atoms with van der Waals surface area (Å²) in [6.45, 7) is 4.89. The van der Waals surface area contributed by atoms with Crippen LogP contribution in [0.2, 0.25) is 0 Å². The van der Waals surface area contributed by atoms with E-state index in [0.29, 0.717) is 13.1 Å². The molecular weight excluding hydrogens is 330 g/mol. The first kappa shape index (κ1) is 17.3. The number of rotatable bonds is 4. The van der Waals surface area contributed by atoms with E-state index in [9.17, 15) is 14.7 Å². The molecule has 2 N–H and O–H groups in total. The molecule has 0 radical (unpaired) electrons. The van der Waals surface area contributed by atoms with Crippen molar-refractivity contribution in [2.24, 2.45) is 5.92 Å². The van der Waals surface area contributed by atoms with Crippen molar-refractivity contribution in [1.82, 2.24) is 15.1 Å². The Balaban J connectivity index is 1.60. The number of nitrogens with zero attached hydrogens (tertiary/aromatic N) is 2. The van der Waals surface area contributed by atoms with Gasteiger partial charge in [-0.3, -0.25) is 4.79 Å². The molecule has 6 nitrogen and oxygen atoms in total. The minimum atomic E-state index is -0.372. The Labute approximate surface area is 154 Å². The van der Waals surface area contributed by atoms with Gasteiger partial charge in [0.1, 0.15) is 0 Å². The third-order valence-electron chi connectivity index (χ3n) is 5.91. The molecule has 1 saturated carbocycles. The monoisotopic (exact) mass is 357 g/mol. The zero-order chi connectivity index (χ0) is 18.5. The van der Waals surface area contributed by atoms with E-state index in [1.54, 1.807) is 4.90 Å². The molecule has 1 aliphatic carbocycles. The first-order valence-electron chi connectivity index (χ1n) is 9.52. The van der Waals surface area contributed by atoms with Crippen LogP contribution >= 0.6 is 0 Å². The minimum absolute atomic E-state index is 0.0437. The van der Waals surface area contributed by atoms with Crippen LogP contribution in [0, 0.1) is 5.92 Å². The molecule has 2 atom stereocenters. The highest BCUT2D eigenvalue weighted by atomic mass is 16.3. The summed E-state index contributed by atoms with van der Waals surface area (Å²) in [4.78, 5) is 28.9. The molecule has 0 aromatic heterocycles. The Morgan fingerprint density at radius 1 is 1.23 bits per heavy atom. The van der Waals surface area contributed by atoms with Crippen molar-refractivity contribution in [3.8, 4) is 0 Å². The van der Waals surface area contributed by atoms with Crippen molar-refractivity contribution < 1.29 is 14.7 Å². The van der Waals surface area contributed by atoms with Crippen molar-refractivity contribution in [1.29, 1.82) is 0 Å². The third-order valence-corrected chi connectivity index (χ3v) is 5.91. The van der Waals surface area contributed by atoms with Crippen molar-refractivity contribution in [3.63, 3.8) is 0 Å². The number of benzene rings is 1. The van der Waals surface area contributed by atoms with Gasteiger partial charge in [0.15, 0.2) is 0 Å². The van der Waals surface area contributed by atoms with Gasteiger partial charge in [0, 0.05) is 31.0 Å². The Morgan fingerprint density at radius 3 is 2.42 bits per heavy atom. The second kappa shape index (κ2) is 6.27. The molecule has 2 heterocycles. The van der Waals surface area contributed by atoms with Gasteiger partial charge >= 0.3 is 6.03 Å². The number of aliphatic hydroxyl groups is 1. The van der Waals surface area contributed by atoms with Gasteiger partial charge in [0.2, 0.25) is 5.91 Å². The van der Waals surface area contributed by atoms with Crippen LogP contribution in [-0.4, -0.2) is 64.2 Å². The van der Waals surface area contributed by atoms with Gasteiger partial charge in [-0.2, -0.15) is 0 Å². The highest BCUT2D eigenvalue weighted by molar-refractivity contribution is 5.85. The fourth-order valence-corrected chi connectivity index (χ4v) is 4.64. The number of likely N-dealkylation sites (tertiary alicyclic amines) is 2. The van der Waals surface area contributed by atoms with E-state index in [4.69, 9.17) is 0 Å². The van der Waals surface area contributed by atoms with Gasteiger partial charge in [-0.25, -0.2) is 4.79 Å². The molecule has 26 heavy (non-hydrogen) atoms. The summed E-state index contributed by atoms with van der Waals surface area (Å²) in [5.74, 6) is 0.329. The number of hydrogen-bond acceptors (Lipinski definition) is 3.